The van der Waals surface area contributed by atoms with Crippen molar-refractivity contribution in [2.75, 3.05) is 49.5 Å². The molecule has 1 aliphatic heterocycles. The quantitative estimate of drug-likeness (QED) is 0.267. The van der Waals surface area contributed by atoms with Crippen molar-refractivity contribution in [3.8, 4) is 17.1 Å². The second-order valence-electron chi connectivity index (χ2n) is 10.7. The first kappa shape index (κ1) is 26.8. The molecule has 1 fully saturated rings. The molecule has 3 aromatic carbocycles. The summed E-state index contributed by atoms with van der Waals surface area (Å²) in [5, 5.41) is 2.94. The number of fused-ring (bicyclic) bond motifs is 1. The molecule has 0 saturated carbocycles. The van der Waals surface area contributed by atoms with Crippen LogP contribution < -0.4 is 15.0 Å². The van der Waals surface area contributed by atoms with Crippen LogP contribution in [0.3, 0.4) is 0 Å². The van der Waals surface area contributed by atoms with Gasteiger partial charge in [-0.05, 0) is 54.3 Å². The summed E-state index contributed by atoms with van der Waals surface area (Å²) in [6, 6.07) is 22.7. The largest absolute Gasteiger partial charge is 0.492 e. The van der Waals surface area contributed by atoms with Gasteiger partial charge in [-0.15, -0.1) is 0 Å². The van der Waals surface area contributed by atoms with Crippen LogP contribution in [0.15, 0.2) is 66.7 Å². The van der Waals surface area contributed by atoms with Crippen LogP contribution in [0.25, 0.3) is 22.4 Å². The van der Waals surface area contributed by atoms with E-state index >= 15 is 0 Å². The molecule has 7 heteroatoms. The summed E-state index contributed by atoms with van der Waals surface area (Å²) in [5.74, 6) is 2.13. The summed E-state index contributed by atoms with van der Waals surface area (Å²) in [6.07, 6.45) is 1.56. The second kappa shape index (κ2) is 12.3. The maximum absolute atomic E-state index is 12.0. The molecule has 0 aliphatic carbocycles. The third kappa shape index (κ3) is 6.79. The van der Waals surface area contributed by atoms with Crippen LogP contribution in [0.4, 0.5) is 11.4 Å². The van der Waals surface area contributed by atoms with Crippen LogP contribution in [0.2, 0.25) is 0 Å². The fraction of sp³-hybridized carbons (Fsp3) is 0.375. The van der Waals surface area contributed by atoms with Gasteiger partial charge in [0.05, 0.1) is 11.2 Å². The lowest BCUT2D eigenvalue weighted by molar-refractivity contribution is -0.116. The number of carbonyl (C=O) groups excluding carboxylic acids is 1. The third-order valence-corrected chi connectivity index (χ3v) is 7.25. The van der Waals surface area contributed by atoms with Crippen LogP contribution in [0.1, 0.15) is 32.8 Å². The standard InChI is InChI=1S/C32H39N5O2/c1-4-24-8-10-25(11-9-24)32-34-28-6-5-7-29(31(28)35-32)37-18-16-36(17-19-37)20-21-39-27-14-12-26(13-15-27)33-30(38)22-23(2)3/h5-15,23H,4,16-22H2,1-3H3,(H,33,38)(H,34,35). The van der Waals surface area contributed by atoms with Crippen LogP contribution in [0, 0.1) is 5.92 Å². The number of rotatable bonds is 10. The fourth-order valence-electron chi connectivity index (χ4n) is 5.03. The summed E-state index contributed by atoms with van der Waals surface area (Å²) < 4.78 is 5.98. The molecule has 0 spiro atoms. The van der Waals surface area contributed by atoms with Gasteiger partial charge in [0.25, 0.3) is 0 Å². The molecule has 1 aromatic heterocycles. The van der Waals surface area contributed by atoms with E-state index in [9.17, 15) is 4.79 Å². The number of nitrogens with one attached hydrogen (secondary N) is 2. The average molecular weight is 526 g/mol. The van der Waals surface area contributed by atoms with E-state index < -0.39 is 0 Å². The van der Waals surface area contributed by atoms with E-state index in [1.807, 2.05) is 38.1 Å². The monoisotopic (exact) mass is 525 g/mol. The van der Waals surface area contributed by atoms with Crippen LogP contribution in [0.5, 0.6) is 5.75 Å². The van der Waals surface area contributed by atoms with Crippen molar-refractivity contribution >= 4 is 28.3 Å². The molecule has 0 unspecified atom stereocenters. The number of amides is 1. The van der Waals surface area contributed by atoms with Crippen molar-refractivity contribution in [1.82, 2.24) is 14.9 Å². The predicted octanol–water partition coefficient (Wildman–Crippen LogP) is 5.98. The number of aromatic amines is 1. The van der Waals surface area contributed by atoms with Gasteiger partial charge in [-0.1, -0.05) is 51.1 Å². The van der Waals surface area contributed by atoms with Crippen LogP contribution in [-0.2, 0) is 11.2 Å². The number of para-hydroxylation sites is 1. The zero-order chi connectivity index (χ0) is 27.2. The fourth-order valence-corrected chi connectivity index (χ4v) is 5.03. The topological polar surface area (TPSA) is 73.5 Å². The highest BCUT2D eigenvalue weighted by Crippen LogP contribution is 2.29. The van der Waals surface area contributed by atoms with E-state index in [1.54, 1.807) is 0 Å². The number of carbonyl (C=O) groups is 1. The van der Waals surface area contributed by atoms with Crippen molar-refractivity contribution in [3.63, 3.8) is 0 Å². The van der Waals surface area contributed by atoms with Crippen molar-refractivity contribution < 1.29 is 9.53 Å². The first-order chi connectivity index (χ1) is 19.0. The predicted molar refractivity (Wildman–Crippen MR) is 160 cm³/mol. The van der Waals surface area contributed by atoms with Gasteiger partial charge >= 0.3 is 0 Å². The molecule has 0 atom stereocenters. The minimum atomic E-state index is 0.0449. The highest BCUT2D eigenvalue weighted by molar-refractivity contribution is 5.91. The SMILES string of the molecule is CCc1ccc(-c2nc3c(N4CCN(CCOc5ccc(NC(=O)CC(C)C)cc5)CC4)cccc3[nH]2)cc1. The first-order valence-electron chi connectivity index (χ1n) is 14.1. The lowest BCUT2D eigenvalue weighted by Crippen LogP contribution is -2.47. The molecule has 204 valence electrons. The van der Waals surface area contributed by atoms with E-state index in [2.05, 4.69) is 69.5 Å². The molecule has 1 aliphatic rings. The Bertz CT molecular complexity index is 1370. The van der Waals surface area contributed by atoms with Crippen LogP contribution in [-0.4, -0.2) is 60.1 Å². The minimum Gasteiger partial charge on any atom is -0.492 e. The number of nitrogens with zero attached hydrogens (tertiary/aromatic N) is 3. The molecule has 0 radical (unpaired) electrons. The van der Waals surface area contributed by atoms with Gasteiger partial charge in [0.1, 0.15) is 23.7 Å². The zero-order valence-corrected chi connectivity index (χ0v) is 23.2. The molecule has 39 heavy (non-hydrogen) atoms. The van der Waals surface area contributed by atoms with Crippen molar-refractivity contribution in [3.05, 3.63) is 72.3 Å². The number of aromatic nitrogens is 2. The second-order valence-corrected chi connectivity index (χ2v) is 10.7. The number of H-pyrrole nitrogens is 1. The summed E-state index contributed by atoms with van der Waals surface area (Å²) in [5.41, 5.74) is 6.55. The Morgan fingerprint density at radius 1 is 1.00 bits per heavy atom. The van der Waals surface area contributed by atoms with E-state index in [1.165, 1.54) is 11.3 Å². The van der Waals surface area contributed by atoms with Gasteiger partial charge in [0.2, 0.25) is 5.91 Å². The maximum Gasteiger partial charge on any atom is 0.224 e. The Labute approximate surface area is 231 Å². The molecule has 1 amide bonds. The number of hydrogen-bond donors (Lipinski definition) is 2. The molecule has 2 N–H and O–H groups in total. The molecule has 0 bridgehead atoms. The number of ether oxygens (including phenoxy) is 1. The van der Waals surface area contributed by atoms with E-state index in [4.69, 9.17) is 9.72 Å². The summed E-state index contributed by atoms with van der Waals surface area (Å²) in [6.45, 7) is 11.6. The molecule has 4 aromatic rings. The lowest BCUT2D eigenvalue weighted by Gasteiger charge is -2.36. The number of piperazine rings is 1. The van der Waals surface area contributed by atoms with Gasteiger partial charge in [-0.25, -0.2) is 4.98 Å². The molecular weight excluding hydrogens is 486 g/mol. The molecule has 1 saturated heterocycles. The van der Waals surface area contributed by atoms with E-state index in [0.717, 1.165) is 73.0 Å². The van der Waals surface area contributed by atoms with Gasteiger partial charge in [0, 0.05) is 50.4 Å². The average Bonchev–Trinajstić information content (AvgIpc) is 3.39. The molecule has 5 rings (SSSR count). The summed E-state index contributed by atoms with van der Waals surface area (Å²) in [7, 11) is 0. The zero-order valence-electron chi connectivity index (χ0n) is 23.2. The Hall–Kier alpha value is -3.84. The summed E-state index contributed by atoms with van der Waals surface area (Å²) in [4.78, 5) is 25.4. The van der Waals surface area contributed by atoms with Crippen molar-refractivity contribution in [1.29, 1.82) is 0 Å². The van der Waals surface area contributed by atoms with E-state index in [0.29, 0.717) is 18.9 Å². The van der Waals surface area contributed by atoms with Gasteiger partial charge in [-0.2, -0.15) is 0 Å². The number of anilines is 2. The first-order valence-corrected chi connectivity index (χ1v) is 14.1. The minimum absolute atomic E-state index is 0.0449. The van der Waals surface area contributed by atoms with Gasteiger partial charge < -0.3 is 19.9 Å². The highest BCUT2D eigenvalue weighted by Gasteiger charge is 2.20. The highest BCUT2D eigenvalue weighted by atomic mass is 16.5. The Kier molecular flexibility index (Phi) is 8.47. The summed E-state index contributed by atoms with van der Waals surface area (Å²) >= 11 is 0. The normalized spacial score (nSPS) is 14.2. The smallest absolute Gasteiger partial charge is 0.224 e. The number of aryl methyl sites for hydroxylation is 1. The Morgan fingerprint density at radius 2 is 1.74 bits per heavy atom. The number of hydrogen-bond acceptors (Lipinski definition) is 5. The van der Waals surface area contributed by atoms with E-state index in [-0.39, 0.29) is 5.91 Å². The Morgan fingerprint density at radius 3 is 2.44 bits per heavy atom. The van der Waals surface area contributed by atoms with Crippen molar-refractivity contribution in [2.24, 2.45) is 5.92 Å². The number of benzene rings is 3. The molecule has 7 nitrogen and oxygen atoms in total. The lowest BCUT2D eigenvalue weighted by atomic mass is 10.1. The van der Waals surface area contributed by atoms with Gasteiger partial charge in [0.15, 0.2) is 0 Å². The molecule has 2 heterocycles. The third-order valence-electron chi connectivity index (χ3n) is 7.25. The number of imidazole rings is 1. The Balaban J connectivity index is 1.12. The maximum atomic E-state index is 12.0. The molecular formula is C32H39N5O2. The van der Waals surface area contributed by atoms with Gasteiger partial charge in [-0.3, -0.25) is 9.69 Å². The van der Waals surface area contributed by atoms with Crippen molar-refractivity contribution in [2.45, 2.75) is 33.6 Å². The van der Waals surface area contributed by atoms with Crippen LogP contribution >= 0.6 is 0 Å².